The number of aryl methyl sites for hydroxylation is 1. The van der Waals surface area contributed by atoms with E-state index in [2.05, 4.69) is 26.1 Å². The monoisotopic (exact) mass is 249 g/mol. The summed E-state index contributed by atoms with van der Waals surface area (Å²) in [5.74, 6) is 0.774. The van der Waals surface area contributed by atoms with Crippen LogP contribution in [0.15, 0.2) is 47.6 Å². The SMILES string of the molecule is Cc1ccc2nc(-c3cccc(N=[N+]=[N-])c3)[nH]c2c1. The second kappa shape index (κ2) is 4.48. The third-order valence-corrected chi connectivity index (χ3v) is 2.92. The molecule has 5 heteroatoms. The Bertz CT molecular complexity index is 796. The number of hydrogen-bond acceptors (Lipinski definition) is 2. The molecule has 0 aliphatic carbocycles. The molecule has 1 heterocycles. The van der Waals surface area contributed by atoms with Crippen LogP contribution in [0.1, 0.15) is 5.56 Å². The maximum absolute atomic E-state index is 8.46. The second-order valence-corrected chi connectivity index (χ2v) is 4.35. The molecule has 2 aromatic carbocycles. The Labute approximate surface area is 109 Å². The number of aromatic nitrogens is 2. The van der Waals surface area contributed by atoms with E-state index in [1.165, 1.54) is 5.56 Å². The summed E-state index contributed by atoms with van der Waals surface area (Å²) < 4.78 is 0. The number of azide groups is 1. The number of benzene rings is 2. The first kappa shape index (κ1) is 11.3. The predicted molar refractivity (Wildman–Crippen MR) is 75.1 cm³/mol. The van der Waals surface area contributed by atoms with Crippen molar-refractivity contribution in [1.29, 1.82) is 0 Å². The number of imidazole rings is 1. The summed E-state index contributed by atoms with van der Waals surface area (Å²) in [6.45, 7) is 2.04. The summed E-state index contributed by atoms with van der Waals surface area (Å²) in [5, 5.41) is 3.60. The van der Waals surface area contributed by atoms with Crippen LogP contribution in [-0.2, 0) is 0 Å². The van der Waals surface area contributed by atoms with Gasteiger partial charge in [-0.15, -0.1) is 0 Å². The standard InChI is InChI=1S/C14H11N5/c1-9-5-6-12-13(7-9)17-14(16-12)10-3-2-4-11(8-10)18-19-15/h2-8H,1H3,(H,16,17). The molecule has 3 rings (SSSR count). The molecule has 1 N–H and O–H groups in total. The molecule has 19 heavy (non-hydrogen) atoms. The van der Waals surface area contributed by atoms with Crippen LogP contribution in [0.2, 0.25) is 0 Å². The van der Waals surface area contributed by atoms with Crippen LogP contribution in [0, 0.1) is 6.92 Å². The number of aromatic amines is 1. The van der Waals surface area contributed by atoms with Crippen LogP contribution < -0.4 is 0 Å². The average molecular weight is 249 g/mol. The van der Waals surface area contributed by atoms with Crippen molar-refractivity contribution in [1.82, 2.24) is 9.97 Å². The van der Waals surface area contributed by atoms with E-state index in [1.807, 2.05) is 37.3 Å². The minimum Gasteiger partial charge on any atom is -0.338 e. The number of nitrogens with zero attached hydrogens (tertiary/aromatic N) is 4. The molecule has 0 fully saturated rings. The Balaban J connectivity index is 2.13. The maximum Gasteiger partial charge on any atom is 0.138 e. The van der Waals surface area contributed by atoms with Crippen molar-refractivity contribution < 1.29 is 0 Å². The third kappa shape index (κ3) is 2.14. The topological polar surface area (TPSA) is 77.4 Å². The van der Waals surface area contributed by atoms with Gasteiger partial charge < -0.3 is 4.98 Å². The Morgan fingerprint density at radius 3 is 2.95 bits per heavy atom. The number of hydrogen-bond donors (Lipinski definition) is 1. The highest BCUT2D eigenvalue weighted by atomic mass is 15.1. The molecule has 0 atom stereocenters. The van der Waals surface area contributed by atoms with Gasteiger partial charge in [-0.3, -0.25) is 0 Å². The van der Waals surface area contributed by atoms with Crippen molar-refractivity contribution in [2.24, 2.45) is 5.11 Å². The van der Waals surface area contributed by atoms with E-state index in [1.54, 1.807) is 6.07 Å². The number of H-pyrrole nitrogens is 1. The average Bonchev–Trinajstić information content (AvgIpc) is 2.82. The number of fused-ring (bicyclic) bond motifs is 1. The summed E-state index contributed by atoms with van der Waals surface area (Å²) in [6.07, 6.45) is 0. The highest BCUT2D eigenvalue weighted by Crippen LogP contribution is 2.24. The van der Waals surface area contributed by atoms with Gasteiger partial charge in [0.05, 0.1) is 11.0 Å². The Morgan fingerprint density at radius 2 is 2.11 bits per heavy atom. The smallest absolute Gasteiger partial charge is 0.138 e. The van der Waals surface area contributed by atoms with E-state index >= 15 is 0 Å². The predicted octanol–water partition coefficient (Wildman–Crippen LogP) is 4.48. The first-order chi connectivity index (χ1) is 9.26. The van der Waals surface area contributed by atoms with Crippen molar-refractivity contribution in [3.8, 4) is 11.4 Å². The van der Waals surface area contributed by atoms with Gasteiger partial charge in [0, 0.05) is 16.2 Å². The van der Waals surface area contributed by atoms with Gasteiger partial charge in [0.1, 0.15) is 5.82 Å². The molecule has 0 aliphatic heterocycles. The minimum absolute atomic E-state index is 0.580. The van der Waals surface area contributed by atoms with Crippen molar-refractivity contribution in [2.75, 3.05) is 0 Å². The summed E-state index contributed by atoms with van der Waals surface area (Å²) in [7, 11) is 0. The highest BCUT2D eigenvalue weighted by Gasteiger charge is 2.05. The molecule has 0 saturated heterocycles. The van der Waals surface area contributed by atoms with E-state index in [0.29, 0.717) is 5.69 Å². The van der Waals surface area contributed by atoms with Crippen LogP contribution in [0.4, 0.5) is 5.69 Å². The quantitative estimate of drug-likeness (QED) is 0.405. The molecule has 0 radical (unpaired) electrons. The number of nitrogens with one attached hydrogen (secondary N) is 1. The van der Waals surface area contributed by atoms with Crippen molar-refractivity contribution in [2.45, 2.75) is 6.92 Å². The van der Waals surface area contributed by atoms with Gasteiger partial charge in [0.2, 0.25) is 0 Å². The van der Waals surface area contributed by atoms with Crippen molar-refractivity contribution in [3.63, 3.8) is 0 Å². The first-order valence-corrected chi connectivity index (χ1v) is 5.88. The Hall–Kier alpha value is -2.78. The molecular formula is C14H11N5. The van der Waals surface area contributed by atoms with Crippen LogP contribution in [0.25, 0.3) is 32.9 Å². The van der Waals surface area contributed by atoms with Crippen LogP contribution in [0.5, 0.6) is 0 Å². The van der Waals surface area contributed by atoms with E-state index in [-0.39, 0.29) is 0 Å². The summed E-state index contributed by atoms with van der Waals surface area (Å²) in [4.78, 5) is 10.6. The molecular weight excluding hydrogens is 238 g/mol. The lowest BCUT2D eigenvalue weighted by molar-refractivity contribution is 1.33. The Kier molecular flexibility index (Phi) is 2.67. The largest absolute Gasteiger partial charge is 0.338 e. The maximum atomic E-state index is 8.46. The zero-order chi connectivity index (χ0) is 13.2. The molecule has 1 aromatic heterocycles. The fourth-order valence-corrected chi connectivity index (χ4v) is 2.03. The molecule has 0 unspecified atom stereocenters. The van der Waals surface area contributed by atoms with Gasteiger partial charge in [-0.05, 0) is 36.2 Å². The van der Waals surface area contributed by atoms with E-state index in [9.17, 15) is 0 Å². The van der Waals surface area contributed by atoms with Gasteiger partial charge >= 0.3 is 0 Å². The molecule has 5 nitrogen and oxygen atoms in total. The minimum atomic E-state index is 0.580. The lowest BCUT2D eigenvalue weighted by Crippen LogP contribution is -1.79. The molecule has 0 bridgehead atoms. The highest BCUT2D eigenvalue weighted by molar-refractivity contribution is 5.80. The summed E-state index contributed by atoms with van der Waals surface area (Å²) in [5.41, 5.74) is 13.1. The zero-order valence-corrected chi connectivity index (χ0v) is 10.3. The zero-order valence-electron chi connectivity index (χ0n) is 10.3. The summed E-state index contributed by atoms with van der Waals surface area (Å²) in [6, 6.07) is 13.4. The normalized spacial score (nSPS) is 10.4. The van der Waals surface area contributed by atoms with Crippen LogP contribution in [-0.4, -0.2) is 9.97 Å². The first-order valence-electron chi connectivity index (χ1n) is 5.88. The number of rotatable bonds is 2. The lowest BCUT2D eigenvalue weighted by atomic mass is 10.2. The Morgan fingerprint density at radius 1 is 1.21 bits per heavy atom. The van der Waals surface area contributed by atoms with Gasteiger partial charge in [-0.2, -0.15) is 0 Å². The van der Waals surface area contributed by atoms with Crippen molar-refractivity contribution in [3.05, 3.63) is 58.5 Å². The lowest BCUT2D eigenvalue weighted by Gasteiger charge is -1.97. The molecule has 92 valence electrons. The van der Waals surface area contributed by atoms with Crippen LogP contribution in [0.3, 0.4) is 0 Å². The van der Waals surface area contributed by atoms with Gasteiger partial charge in [-0.1, -0.05) is 29.4 Å². The van der Waals surface area contributed by atoms with E-state index in [0.717, 1.165) is 22.4 Å². The van der Waals surface area contributed by atoms with Gasteiger partial charge in [-0.25, -0.2) is 4.98 Å². The van der Waals surface area contributed by atoms with E-state index < -0.39 is 0 Å². The van der Waals surface area contributed by atoms with Gasteiger partial charge in [0.15, 0.2) is 0 Å². The fourth-order valence-electron chi connectivity index (χ4n) is 2.03. The molecule has 0 saturated carbocycles. The van der Waals surface area contributed by atoms with Crippen LogP contribution >= 0.6 is 0 Å². The van der Waals surface area contributed by atoms with Gasteiger partial charge in [0.25, 0.3) is 0 Å². The molecule has 0 spiro atoms. The van der Waals surface area contributed by atoms with E-state index in [4.69, 9.17) is 5.53 Å². The third-order valence-electron chi connectivity index (χ3n) is 2.92. The second-order valence-electron chi connectivity index (χ2n) is 4.35. The molecule has 0 amide bonds. The fraction of sp³-hybridized carbons (Fsp3) is 0.0714. The molecule has 3 aromatic rings. The molecule has 0 aliphatic rings. The van der Waals surface area contributed by atoms with Crippen molar-refractivity contribution >= 4 is 16.7 Å². The summed E-state index contributed by atoms with van der Waals surface area (Å²) >= 11 is 0.